The number of hydrogen-bond acceptors (Lipinski definition) is 6. The Morgan fingerprint density at radius 1 is 1.59 bits per heavy atom. The maximum Gasteiger partial charge on any atom is 0.305 e. The molecular formula is C10H15BrN4O2. The molecule has 17 heavy (non-hydrogen) atoms. The molecule has 0 amide bonds. The number of nitrogens with one attached hydrogen (secondary N) is 1. The first-order chi connectivity index (χ1) is 8.11. The van der Waals surface area contributed by atoms with Crippen LogP contribution in [-0.4, -0.2) is 29.1 Å². The van der Waals surface area contributed by atoms with Crippen LogP contribution in [-0.2, 0) is 9.53 Å². The summed E-state index contributed by atoms with van der Waals surface area (Å²) in [5.41, 5.74) is 5.56. The van der Waals surface area contributed by atoms with E-state index in [9.17, 15) is 4.79 Å². The van der Waals surface area contributed by atoms with Crippen LogP contribution in [0.25, 0.3) is 0 Å². The normalized spacial score (nSPS) is 10.0. The molecule has 0 aromatic carbocycles. The van der Waals surface area contributed by atoms with Gasteiger partial charge in [0, 0.05) is 19.0 Å². The average Bonchev–Trinajstić information content (AvgIpc) is 2.23. The van der Waals surface area contributed by atoms with E-state index in [0.29, 0.717) is 42.4 Å². The van der Waals surface area contributed by atoms with Crippen molar-refractivity contribution in [2.24, 2.45) is 0 Å². The first kappa shape index (κ1) is 13.7. The number of nitrogens with zero attached hydrogens (tertiary/aromatic N) is 2. The molecular weight excluding hydrogens is 288 g/mol. The standard InChI is InChI=1S/C10H15BrN4O2/c1-2-17-9(16)4-3-5-13-10-14-7(11)6-8(12)15-10/h6H,2-5H2,1H3,(H3,12,13,14,15). The van der Waals surface area contributed by atoms with Crippen LogP contribution in [0.3, 0.4) is 0 Å². The number of anilines is 2. The van der Waals surface area contributed by atoms with Crippen LogP contribution in [0.5, 0.6) is 0 Å². The van der Waals surface area contributed by atoms with Gasteiger partial charge in [0.15, 0.2) is 0 Å². The van der Waals surface area contributed by atoms with Crippen molar-refractivity contribution < 1.29 is 9.53 Å². The molecule has 0 unspecified atom stereocenters. The molecule has 6 nitrogen and oxygen atoms in total. The van der Waals surface area contributed by atoms with Crippen molar-refractivity contribution in [3.05, 3.63) is 10.7 Å². The number of aromatic nitrogens is 2. The lowest BCUT2D eigenvalue weighted by Crippen LogP contribution is -2.10. The fourth-order valence-corrected chi connectivity index (χ4v) is 1.58. The van der Waals surface area contributed by atoms with Crippen LogP contribution in [0, 0.1) is 0 Å². The Labute approximate surface area is 108 Å². The predicted octanol–water partition coefficient (Wildman–Crippen LogP) is 1.58. The molecule has 94 valence electrons. The van der Waals surface area contributed by atoms with Crippen molar-refractivity contribution in [2.45, 2.75) is 19.8 Å². The van der Waals surface area contributed by atoms with Crippen molar-refractivity contribution in [1.82, 2.24) is 9.97 Å². The maximum absolute atomic E-state index is 11.1. The summed E-state index contributed by atoms with van der Waals surface area (Å²) in [6.07, 6.45) is 1.04. The molecule has 1 aromatic heterocycles. The summed E-state index contributed by atoms with van der Waals surface area (Å²) >= 11 is 3.22. The van der Waals surface area contributed by atoms with Gasteiger partial charge in [-0.15, -0.1) is 0 Å². The lowest BCUT2D eigenvalue weighted by atomic mass is 10.3. The molecule has 1 heterocycles. The van der Waals surface area contributed by atoms with Gasteiger partial charge >= 0.3 is 5.97 Å². The largest absolute Gasteiger partial charge is 0.466 e. The molecule has 0 saturated carbocycles. The number of nitrogen functional groups attached to an aromatic ring is 1. The Morgan fingerprint density at radius 2 is 2.35 bits per heavy atom. The van der Waals surface area contributed by atoms with E-state index in [4.69, 9.17) is 10.5 Å². The van der Waals surface area contributed by atoms with Gasteiger partial charge in [-0.05, 0) is 29.3 Å². The van der Waals surface area contributed by atoms with E-state index < -0.39 is 0 Å². The first-order valence-electron chi connectivity index (χ1n) is 5.31. The van der Waals surface area contributed by atoms with Gasteiger partial charge in [-0.2, -0.15) is 4.98 Å². The summed E-state index contributed by atoms with van der Waals surface area (Å²) in [4.78, 5) is 19.1. The van der Waals surface area contributed by atoms with Gasteiger partial charge in [0.2, 0.25) is 5.95 Å². The second kappa shape index (κ2) is 7.05. The minimum atomic E-state index is -0.191. The fourth-order valence-electron chi connectivity index (χ4n) is 1.18. The summed E-state index contributed by atoms with van der Waals surface area (Å²) in [5, 5.41) is 2.98. The van der Waals surface area contributed by atoms with E-state index in [2.05, 4.69) is 31.2 Å². The molecule has 0 radical (unpaired) electrons. The van der Waals surface area contributed by atoms with E-state index in [1.165, 1.54) is 0 Å². The second-order valence-electron chi connectivity index (χ2n) is 3.27. The number of esters is 1. The second-order valence-corrected chi connectivity index (χ2v) is 4.09. The predicted molar refractivity (Wildman–Crippen MR) is 68.5 cm³/mol. The van der Waals surface area contributed by atoms with E-state index in [-0.39, 0.29) is 5.97 Å². The monoisotopic (exact) mass is 302 g/mol. The third-order valence-corrected chi connectivity index (χ3v) is 2.27. The zero-order valence-electron chi connectivity index (χ0n) is 9.57. The highest BCUT2D eigenvalue weighted by atomic mass is 79.9. The Bertz CT molecular complexity index is 366. The van der Waals surface area contributed by atoms with Crippen molar-refractivity contribution in [2.75, 3.05) is 24.2 Å². The number of ether oxygens (including phenoxy) is 1. The summed E-state index contributed by atoms with van der Waals surface area (Å²) in [7, 11) is 0. The third kappa shape index (κ3) is 5.48. The van der Waals surface area contributed by atoms with Crippen LogP contribution in [0.2, 0.25) is 0 Å². The Morgan fingerprint density at radius 3 is 3.00 bits per heavy atom. The zero-order valence-corrected chi connectivity index (χ0v) is 11.2. The van der Waals surface area contributed by atoms with Crippen molar-refractivity contribution in [3.63, 3.8) is 0 Å². The lowest BCUT2D eigenvalue weighted by molar-refractivity contribution is -0.143. The van der Waals surface area contributed by atoms with Crippen LogP contribution in [0.4, 0.5) is 11.8 Å². The number of nitrogens with two attached hydrogens (primary N) is 1. The quantitative estimate of drug-likeness (QED) is 0.471. The molecule has 0 fully saturated rings. The zero-order chi connectivity index (χ0) is 12.7. The first-order valence-corrected chi connectivity index (χ1v) is 6.10. The molecule has 0 spiro atoms. The van der Waals surface area contributed by atoms with Gasteiger partial charge in [0.1, 0.15) is 10.4 Å². The van der Waals surface area contributed by atoms with Crippen LogP contribution in [0.15, 0.2) is 10.7 Å². The van der Waals surface area contributed by atoms with Crippen LogP contribution < -0.4 is 11.1 Å². The molecule has 0 aliphatic carbocycles. The molecule has 0 bridgehead atoms. The van der Waals surface area contributed by atoms with E-state index in [1.54, 1.807) is 13.0 Å². The molecule has 0 aliphatic rings. The lowest BCUT2D eigenvalue weighted by Gasteiger charge is -2.05. The van der Waals surface area contributed by atoms with E-state index in [1.807, 2.05) is 0 Å². The Balaban J connectivity index is 2.28. The highest BCUT2D eigenvalue weighted by molar-refractivity contribution is 9.10. The Hall–Kier alpha value is -1.37. The topological polar surface area (TPSA) is 90.1 Å². The molecule has 7 heteroatoms. The van der Waals surface area contributed by atoms with Crippen LogP contribution in [0.1, 0.15) is 19.8 Å². The van der Waals surface area contributed by atoms with Crippen molar-refractivity contribution in [1.29, 1.82) is 0 Å². The van der Waals surface area contributed by atoms with Crippen LogP contribution >= 0.6 is 15.9 Å². The van der Waals surface area contributed by atoms with Gasteiger partial charge < -0.3 is 15.8 Å². The van der Waals surface area contributed by atoms with Gasteiger partial charge in [-0.25, -0.2) is 4.98 Å². The summed E-state index contributed by atoms with van der Waals surface area (Å²) in [6, 6.07) is 1.61. The smallest absolute Gasteiger partial charge is 0.305 e. The number of carbonyl (C=O) groups is 1. The van der Waals surface area contributed by atoms with E-state index in [0.717, 1.165) is 0 Å². The van der Waals surface area contributed by atoms with Gasteiger partial charge in [0.05, 0.1) is 6.61 Å². The van der Waals surface area contributed by atoms with Gasteiger partial charge in [-0.1, -0.05) is 0 Å². The molecule has 1 rings (SSSR count). The summed E-state index contributed by atoms with van der Waals surface area (Å²) in [6.45, 7) is 2.79. The third-order valence-electron chi connectivity index (χ3n) is 1.86. The highest BCUT2D eigenvalue weighted by Gasteiger charge is 2.02. The number of carbonyl (C=O) groups excluding carboxylic acids is 1. The SMILES string of the molecule is CCOC(=O)CCCNc1nc(N)cc(Br)n1. The maximum atomic E-state index is 11.1. The minimum Gasteiger partial charge on any atom is -0.466 e. The van der Waals surface area contributed by atoms with Crippen molar-refractivity contribution >= 4 is 33.7 Å². The minimum absolute atomic E-state index is 0.191. The molecule has 1 aromatic rings. The van der Waals surface area contributed by atoms with E-state index >= 15 is 0 Å². The fraction of sp³-hybridized carbons (Fsp3) is 0.500. The van der Waals surface area contributed by atoms with Crippen molar-refractivity contribution in [3.8, 4) is 0 Å². The number of rotatable bonds is 6. The molecule has 0 atom stereocenters. The Kier molecular flexibility index (Phi) is 5.68. The average molecular weight is 303 g/mol. The number of hydrogen-bond donors (Lipinski definition) is 2. The molecule has 0 saturated heterocycles. The molecule has 3 N–H and O–H groups in total. The highest BCUT2D eigenvalue weighted by Crippen LogP contribution is 2.12. The summed E-state index contributed by atoms with van der Waals surface area (Å²) in [5.74, 6) is 0.643. The molecule has 0 aliphatic heterocycles. The van der Waals surface area contributed by atoms with Gasteiger partial charge in [-0.3, -0.25) is 4.79 Å². The summed E-state index contributed by atoms with van der Waals surface area (Å²) < 4.78 is 5.43. The number of halogens is 1. The van der Waals surface area contributed by atoms with Gasteiger partial charge in [0.25, 0.3) is 0 Å².